The maximum atomic E-state index is 4.37. The first-order chi connectivity index (χ1) is 9.56. The van der Waals surface area contributed by atoms with Crippen molar-refractivity contribution in [1.82, 2.24) is 15.1 Å². The zero-order chi connectivity index (χ0) is 15.0. The number of hydrogen-bond acceptors (Lipinski definition) is 2. The number of piperidine rings is 1. The van der Waals surface area contributed by atoms with Crippen LogP contribution in [-0.2, 0) is 0 Å². The predicted octanol–water partition coefficient (Wildman–Crippen LogP) is 2.27. The van der Waals surface area contributed by atoms with E-state index in [-0.39, 0.29) is 0 Å². The molecule has 0 spiro atoms. The van der Waals surface area contributed by atoms with Crippen molar-refractivity contribution in [3.8, 4) is 0 Å². The van der Waals surface area contributed by atoms with E-state index in [1.54, 1.807) is 0 Å². The van der Waals surface area contributed by atoms with E-state index >= 15 is 0 Å². The van der Waals surface area contributed by atoms with Crippen molar-refractivity contribution in [3.63, 3.8) is 0 Å². The first kappa shape index (κ1) is 17.3. The Morgan fingerprint density at radius 3 is 2.50 bits per heavy atom. The lowest BCUT2D eigenvalue weighted by molar-refractivity contribution is 0.143. The van der Waals surface area contributed by atoms with E-state index < -0.39 is 0 Å². The van der Waals surface area contributed by atoms with E-state index in [1.807, 2.05) is 7.05 Å². The molecule has 0 amide bonds. The molecule has 118 valence electrons. The first-order valence-electron chi connectivity index (χ1n) is 8.20. The van der Waals surface area contributed by atoms with Crippen LogP contribution in [0.4, 0.5) is 0 Å². The van der Waals surface area contributed by atoms with Crippen LogP contribution in [0, 0.1) is 11.8 Å². The summed E-state index contributed by atoms with van der Waals surface area (Å²) in [5.41, 5.74) is 0. The van der Waals surface area contributed by atoms with Crippen LogP contribution in [-0.4, -0.2) is 62.6 Å². The van der Waals surface area contributed by atoms with Gasteiger partial charge in [0.2, 0.25) is 0 Å². The lowest BCUT2D eigenvalue weighted by atomic mass is 9.92. The highest BCUT2D eigenvalue weighted by atomic mass is 15.3. The number of aliphatic imine (C=N–C) groups is 1. The molecule has 2 unspecified atom stereocenters. The van der Waals surface area contributed by atoms with E-state index in [9.17, 15) is 0 Å². The van der Waals surface area contributed by atoms with Crippen molar-refractivity contribution >= 4 is 5.96 Å². The van der Waals surface area contributed by atoms with Crippen molar-refractivity contribution in [2.45, 2.75) is 40.0 Å². The number of likely N-dealkylation sites (tertiary alicyclic amines) is 1. The lowest BCUT2D eigenvalue weighted by Gasteiger charge is -2.35. The van der Waals surface area contributed by atoms with Gasteiger partial charge in [0.05, 0.1) is 0 Å². The Labute approximate surface area is 125 Å². The van der Waals surface area contributed by atoms with Crippen LogP contribution < -0.4 is 5.32 Å². The van der Waals surface area contributed by atoms with Crippen molar-refractivity contribution in [1.29, 1.82) is 0 Å². The summed E-state index contributed by atoms with van der Waals surface area (Å²) in [6.45, 7) is 12.6. The van der Waals surface area contributed by atoms with Crippen molar-refractivity contribution in [2.24, 2.45) is 16.8 Å². The van der Waals surface area contributed by atoms with Gasteiger partial charge in [-0.25, -0.2) is 0 Å². The molecule has 0 aromatic rings. The molecular weight excluding hydrogens is 248 g/mol. The molecule has 1 rings (SSSR count). The van der Waals surface area contributed by atoms with Crippen LogP contribution in [0.3, 0.4) is 0 Å². The number of nitrogens with one attached hydrogen (secondary N) is 1. The maximum absolute atomic E-state index is 4.37. The highest BCUT2D eigenvalue weighted by Gasteiger charge is 2.21. The average Bonchev–Trinajstić information content (AvgIpc) is 2.40. The SMILES string of the molecule is CCCCN(C)C(=NC)NCCN1CC(C)CC(C)C1. The topological polar surface area (TPSA) is 30.9 Å². The Kier molecular flexibility index (Phi) is 7.97. The summed E-state index contributed by atoms with van der Waals surface area (Å²) < 4.78 is 0. The molecule has 0 bridgehead atoms. The molecule has 0 aliphatic carbocycles. The molecule has 1 fully saturated rings. The normalized spacial score (nSPS) is 24.8. The van der Waals surface area contributed by atoms with Crippen LogP contribution in [0.15, 0.2) is 4.99 Å². The molecule has 1 aliphatic heterocycles. The third-order valence-electron chi connectivity index (χ3n) is 4.08. The van der Waals surface area contributed by atoms with E-state index in [0.29, 0.717) is 0 Å². The second-order valence-corrected chi connectivity index (χ2v) is 6.45. The predicted molar refractivity (Wildman–Crippen MR) is 88.3 cm³/mol. The lowest BCUT2D eigenvalue weighted by Crippen LogP contribution is -2.45. The zero-order valence-corrected chi connectivity index (χ0v) is 14.2. The van der Waals surface area contributed by atoms with E-state index in [1.165, 1.54) is 32.4 Å². The molecule has 2 atom stereocenters. The number of guanidine groups is 1. The molecule has 1 N–H and O–H groups in total. The van der Waals surface area contributed by atoms with Crippen LogP contribution >= 0.6 is 0 Å². The summed E-state index contributed by atoms with van der Waals surface area (Å²) in [6.07, 6.45) is 3.83. The van der Waals surface area contributed by atoms with Gasteiger partial charge in [-0.1, -0.05) is 27.2 Å². The standard InChI is InChI=1S/C16H34N4/c1-6-7-9-19(5)16(17-4)18-8-10-20-12-14(2)11-15(3)13-20/h14-15H,6-13H2,1-5H3,(H,17,18). The molecule has 20 heavy (non-hydrogen) atoms. The minimum Gasteiger partial charge on any atom is -0.355 e. The number of unbranched alkanes of at least 4 members (excludes halogenated alkanes) is 1. The Hall–Kier alpha value is -0.770. The Bertz CT molecular complexity index is 280. The third kappa shape index (κ3) is 6.12. The van der Waals surface area contributed by atoms with Crippen LogP contribution in [0.2, 0.25) is 0 Å². The highest BCUT2D eigenvalue weighted by Crippen LogP contribution is 2.20. The summed E-state index contributed by atoms with van der Waals surface area (Å²) in [7, 11) is 3.99. The van der Waals surface area contributed by atoms with Crippen molar-refractivity contribution < 1.29 is 0 Å². The Balaban J connectivity index is 2.27. The highest BCUT2D eigenvalue weighted by molar-refractivity contribution is 5.79. The van der Waals surface area contributed by atoms with Crippen molar-refractivity contribution in [3.05, 3.63) is 0 Å². The van der Waals surface area contributed by atoms with Gasteiger partial charge in [-0.3, -0.25) is 4.99 Å². The van der Waals surface area contributed by atoms with Gasteiger partial charge in [0.1, 0.15) is 0 Å². The second kappa shape index (κ2) is 9.22. The maximum Gasteiger partial charge on any atom is 0.193 e. The van der Waals surface area contributed by atoms with Crippen LogP contribution in [0.5, 0.6) is 0 Å². The van der Waals surface area contributed by atoms with Gasteiger partial charge in [0, 0.05) is 46.8 Å². The molecule has 4 heteroatoms. The Morgan fingerprint density at radius 1 is 1.30 bits per heavy atom. The molecule has 0 aromatic carbocycles. The van der Waals surface area contributed by atoms with Gasteiger partial charge < -0.3 is 15.1 Å². The average molecular weight is 282 g/mol. The van der Waals surface area contributed by atoms with Crippen LogP contribution in [0.1, 0.15) is 40.0 Å². The monoisotopic (exact) mass is 282 g/mol. The molecule has 1 saturated heterocycles. The fraction of sp³-hybridized carbons (Fsp3) is 0.938. The first-order valence-corrected chi connectivity index (χ1v) is 8.20. The fourth-order valence-electron chi connectivity index (χ4n) is 3.19. The van der Waals surface area contributed by atoms with Gasteiger partial charge in [-0.05, 0) is 24.7 Å². The largest absolute Gasteiger partial charge is 0.355 e. The quantitative estimate of drug-likeness (QED) is 0.599. The van der Waals surface area contributed by atoms with Crippen molar-refractivity contribution in [2.75, 3.05) is 46.8 Å². The van der Waals surface area contributed by atoms with E-state index in [4.69, 9.17) is 0 Å². The van der Waals surface area contributed by atoms with E-state index in [0.717, 1.165) is 37.4 Å². The molecule has 0 aromatic heterocycles. The van der Waals surface area contributed by atoms with Gasteiger partial charge >= 0.3 is 0 Å². The minimum atomic E-state index is 0.838. The number of hydrogen-bond donors (Lipinski definition) is 1. The molecular formula is C16H34N4. The summed E-state index contributed by atoms with van der Waals surface area (Å²) >= 11 is 0. The molecule has 0 radical (unpaired) electrons. The summed E-state index contributed by atoms with van der Waals surface area (Å²) in [4.78, 5) is 9.18. The third-order valence-corrected chi connectivity index (χ3v) is 4.08. The fourth-order valence-corrected chi connectivity index (χ4v) is 3.19. The molecule has 1 heterocycles. The van der Waals surface area contributed by atoms with Gasteiger partial charge in [0.15, 0.2) is 5.96 Å². The number of nitrogens with zero attached hydrogens (tertiary/aromatic N) is 3. The van der Waals surface area contributed by atoms with Gasteiger partial charge in [0.25, 0.3) is 0 Å². The summed E-state index contributed by atoms with van der Waals surface area (Å²) in [5, 5.41) is 3.49. The summed E-state index contributed by atoms with van der Waals surface area (Å²) in [6, 6.07) is 0. The Morgan fingerprint density at radius 2 is 1.95 bits per heavy atom. The minimum absolute atomic E-state index is 0.838. The zero-order valence-electron chi connectivity index (χ0n) is 14.2. The molecule has 0 saturated carbocycles. The smallest absolute Gasteiger partial charge is 0.193 e. The van der Waals surface area contributed by atoms with Crippen LogP contribution in [0.25, 0.3) is 0 Å². The molecule has 1 aliphatic rings. The van der Waals surface area contributed by atoms with Gasteiger partial charge in [-0.2, -0.15) is 0 Å². The molecule has 4 nitrogen and oxygen atoms in total. The number of rotatable bonds is 6. The second-order valence-electron chi connectivity index (χ2n) is 6.45. The van der Waals surface area contributed by atoms with E-state index in [2.05, 4.69) is 47.9 Å². The van der Waals surface area contributed by atoms with Gasteiger partial charge in [-0.15, -0.1) is 0 Å². The summed E-state index contributed by atoms with van der Waals surface area (Å²) in [5.74, 6) is 2.70.